The fourth-order valence-corrected chi connectivity index (χ4v) is 2.55. The lowest BCUT2D eigenvalue weighted by Gasteiger charge is -2.18. The van der Waals surface area contributed by atoms with Crippen molar-refractivity contribution in [2.75, 3.05) is 19.3 Å². The number of carbonyl (C=O) groups excluding carboxylic acids is 1. The van der Waals surface area contributed by atoms with Gasteiger partial charge >= 0.3 is 0 Å². The predicted molar refractivity (Wildman–Crippen MR) is 77.3 cm³/mol. The molecule has 2 rings (SSSR count). The molecule has 0 fully saturated rings. The summed E-state index contributed by atoms with van der Waals surface area (Å²) in [4.78, 5) is 18.0. The number of rotatable bonds is 4. The van der Waals surface area contributed by atoms with Gasteiger partial charge < -0.3 is 15.7 Å². The number of aromatic nitrogens is 1. The third kappa shape index (κ3) is 3.21. The molecule has 0 saturated carbocycles. The summed E-state index contributed by atoms with van der Waals surface area (Å²) in [6.45, 7) is 2.24. The highest BCUT2D eigenvalue weighted by Gasteiger charge is 2.13. The second kappa shape index (κ2) is 5.54. The second-order valence-corrected chi connectivity index (χ2v) is 5.66. The quantitative estimate of drug-likeness (QED) is 0.893. The second-order valence-electron chi connectivity index (χ2n) is 4.60. The summed E-state index contributed by atoms with van der Waals surface area (Å²) in [5, 5.41) is 9.74. The van der Waals surface area contributed by atoms with Crippen LogP contribution in [0.15, 0.2) is 18.2 Å². The third-order valence-electron chi connectivity index (χ3n) is 2.88. The molecule has 1 amide bonds. The molecule has 0 aliphatic heterocycles. The molecule has 1 aromatic carbocycles. The summed E-state index contributed by atoms with van der Waals surface area (Å²) in [5.74, 6) is -0.0606. The summed E-state index contributed by atoms with van der Waals surface area (Å²) < 4.78 is 0.910. The lowest BCUT2D eigenvalue weighted by molar-refractivity contribution is 0.0769. The van der Waals surface area contributed by atoms with Gasteiger partial charge in [-0.2, -0.15) is 0 Å². The molecule has 0 spiro atoms. The summed E-state index contributed by atoms with van der Waals surface area (Å²) in [7, 11) is 1.73. The first-order chi connectivity index (χ1) is 8.97. The maximum atomic E-state index is 12.2. The van der Waals surface area contributed by atoms with Crippen LogP contribution in [-0.2, 0) is 0 Å². The number of carbonyl (C=O) groups is 1. The van der Waals surface area contributed by atoms with Crippen LogP contribution in [-0.4, -0.2) is 40.6 Å². The largest absolute Gasteiger partial charge is 0.393 e. The molecule has 0 radical (unpaired) electrons. The Labute approximate surface area is 115 Å². The van der Waals surface area contributed by atoms with Crippen LogP contribution in [0.25, 0.3) is 10.2 Å². The Kier molecular flexibility index (Phi) is 4.01. The zero-order valence-electron chi connectivity index (χ0n) is 11.0. The van der Waals surface area contributed by atoms with Crippen molar-refractivity contribution < 1.29 is 9.90 Å². The third-order valence-corrected chi connectivity index (χ3v) is 3.73. The molecule has 1 heterocycles. The van der Waals surface area contributed by atoms with Crippen molar-refractivity contribution in [1.82, 2.24) is 9.88 Å². The predicted octanol–water partition coefficient (Wildman–Crippen LogP) is 1.72. The van der Waals surface area contributed by atoms with E-state index >= 15 is 0 Å². The van der Waals surface area contributed by atoms with E-state index in [1.807, 2.05) is 6.07 Å². The molecule has 2 aromatic rings. The molecule has 0 bridgehead atoms. The molecular weight excluding hydrogens is 262 g/mol. The number of aliphatic hydroxyl groups excluding tert-OH is 1. The average Bonchev–Trinajstić information content (AvgIpc) is 2.73. The first kappa shape index (κ1) is 13.8. The van der Waals surface area contributed by atoms with Gasteiger partial charge in [0.1, 0.15) is 0 Å². The van der Waals surface area contributed by atoms with Gasteiger partial charge in [-0.05, 0) is 31.5 Å². The van der Waals surface area contributed by atoms with Crippen molar-refractivity contribution in [2.24, 2.45) is 0 Å². The minimum atomic E-state index is -0.404. The van der Waals surface area contributed by atoms with Gasteiger partial charge in [0.15, 0.2) is 5.13 Å². The van der Waals surface area contributed by atoms with E-state index in [1.165, 1.54) is 11.3 Å². The highest BCUT2D eigenvalue weighted by molar-refractivity contribution is 7.22. The lowest BCUT2D eigenvalue weighted by atomic mass is 10.2. The van der Waals surface area contributed by atoms with E-state index in [2.05, 4.69) is 4.98 Å². The Morgan fingerprint density at radius 3 is 3.00 bits per heavy atom. The fraction of sp³-hybridized carbons (Fsp3) is 0.385. The van der Waals surface area contributed by atoms with Gasteiger partial charge in [-0.1, -0.05) is 11.3 Å². The number of fused-ring (bicyclic) bond motifs is 1. The molecule has 6 heteroatoms. The molecule has 0 aliphatic rings. The van der Waals surface area contributed by atoms with E-state index in [9.17, 15) is 9.90 Å². The van der Waals surface area contributed by atoms with Crippen molar-refractivity contribution in [1.29, 1.82) is 0 Å². The number of benzene rings is 1. The van der Waals surface area contributed by atoms with Crippen LogP contribution in [0.4, 0.5) is 5.13 Å². The minimum Gasteiger partial charge on any atom is -0.393 e. The van der Waals surface area contributed by atoms with Gasteiger partial charge in [-0.25, -0.2) is 4.98 Å². The summed E-state index contributed by atoms with van der Waals surface area (Å²) in [6, 6.07) is 5.37. The van der Waals surface area contributed by atoms with Gasteiger partial charge in [0.05, 0.1) is 16.3 Å². The van der Waals surface area contributed by atoms with E-state index in [-0.39, 0.29) is 5.91 Å². The average molecular weight is 279 g/mol. The highest BCUT2D eigenvalue weighted by Crippen LogP contribution is 2.25. The van der Waals surface area contributed by atoms with Crippen LogP contribution in [0.5, 0.6) is 0 Å². The van der Waals surface area contributed by atoms with Crippen LogP contribution < -0.4 is 5.73 Å². The zero-order valence-corrected chi connectivity index (χ0v) is 11.8. The van der Waals surface area contributed by atoms with E-state index in [1.54, 1.807) is 31.0 Å². The first-order valence-corrected chi connectivity index (χ1v) is 6.88. The van der Waals surface area contributed by atoms with Crippen LogP contribution in [0.2, 0.25) is 0 Å². The van der Waals surface area contributed by atoms with E-state index < -0.39 is 6.10 Å². The van der Waals surface area contributed by atoms with E-state index in [0.717, 1.165) is 10.2 Å². The number of nitrogen functional groups attached to an aromatic ring is 1. The number of thiazole rings is 1. The molecule has 1 aromatic heterocycles. The SMILES string of the molecule is CC(O)CCN(C)C(=O)c1ccc2nc(N)sc2c1. The smallest absolute Gasteiger partial charge is 0.253 e. The first-order valence-electron chi connectivity index (χ1n) is 6.07. The summed E-state index contributed by atoms with van der Waals surface area (Å²) >= 11 is 1.37. The normalized spacial score (nSPS) is 12.6. The van der Waals surface area contributed by atoms with Crippen molar-refractivity contribution >= 4 is 32.6 Å². The van der Waals surface area contributed by atoms with Crippen molar-refractivity contribution in [2.45, 2.75) is 19.4 Å². The summed E-state index contributed by atoms with van der Waals surface area (Å²) in [6.07, 6.45) is 0.164. The molecule has 3 N–H and O–H groups in total. The van der Waals surface area contributed by atoms with Crippen molar-refractivity contribution in [3.63, 3.8) is 0 Å². The Bertz CT molecular complexity index is 595. The van der Waals surface area contributed by atoms with Crippen LogP contribution in [0.1, 0.15) is 23.7 Å². The van der Waals surface area contributed by atoms with Gasteiger partial charge in [-0.15, -0.1) is 0 Å². The van der Waals surface area contributed by atoms with Crippen LogP contribution in [0.3, 0.4) is 0 Å². The molecule has 102 valence electrons. The van der Waals surface area contributed by atoms with Crippen LogP contribution >= 0.6 is 11.3 Å². The van der Waals surface area contributed by atoms with E-state index in [0.29, 0.717) is 23.7 Å². The Hall–Kier alpha value is -1.66. The molecule has 1 unspecified atom stereocenters. The number of hydrogen-bond donors (Lipinski definition) is 2. The standard InChI is InChI=1S/C13H17N3O2S/c1-8(17)5-6-16(2)12(18)9-3-4-10-11(7-9)19-13(14)15-10/h3-4,7-8,17H,5-6H2,1-2H3,(H2,14,15). The topological polar surface area (TPSA) is 79.5 Å². The molecule has 0 aliphatic carbocycles. The lowest BCUT2D eigenvalue weighted by Crippen LogP contribution is -2.29. The van der Waals surface area contributed by atoms with Gasteiger partial charge in [-0.3, -0.25) is 4.79 Å². The fourth-order valence-electron chi connectivity index (χ4n) is 1.78. The monoisotopic (exact) mass is 279 g/mol. The summed E-state index contributed by atoms with van der Waals surface area (Å²) in [5.41, 5.74) is 7.07. The Morgan fingerprint density at radius 1 is 1.58 bits per heavy atom. The molecular formula is C13H17N3O2S. The number of amides is 1. The number of aliphatic hydroxyl groups is 1. The Balaban J connectivity index is 2.16. The zero-order chi connectivity index (χ0) is 14.0. The van der Waals surface area contributed by atoms with E-state index in [4.69, 9.17) is 5.73 Å². The maximum absolute atomic E-state index is 12.2. The van der Waals surface area contributed by atoms with Gasteiger partial charge in [0.2, 0.25) is 0 Å². The van der Waals surface area contributed by atoms with Crippen molar-refractivity contribution in [3.8, 4) is 0 Å². The number of hydrogen-bond acceptors (Lipinski definition) is 5. The number of nitrogens with zero attached hydrogens (tertiary/aromatic N) is 2. The number of anilines is 1. The molecule has 5 nitrogen and oxygen atoms in total. The minimum absolute atomic E-state index is 0.0606. The molecule has 1 atom stereocenters. The number of nitrogens with two attached hydrogens (primary N) is 1. The van der Waals surface area contributed by atoms with Crippen molar-refractivity contribution in [3.05, 3.63) is 23.8 Å². The van der Waals surface area contributed by atoms with Crippen LogP contribution in [0, 0.1) is 0 Å². The Morgan fingerprint density at radius 2 is 2.32 bits per heavy atom. The molecule has 19 heavy (non-hydrogen) atoms. The van der Waals surface area contributed by atoms with Gasteiger partial charge in [0.25, 0.3) is 5.91 Å². The van der Waals surface area contributed by atoms with Gasteiger partial charge in [0, 0.05) is 19.2 Å². The molecule has 0 saturated heterocycles. The highest BCUT2D eigenvalue weighted by atomic mass is 32.1. The maximum Gasteiger partial charge on any atom is 0.253 e.